The number of Topliss-reactive ketones (excluding diaryl/α,β-unsaturated/α-hetero) is 3. The van der Waals surface area contributed by atoms with Gasteiger partial charge < -0.3 is 36.2 Å². The molecule has 0 radical (unpaired) electrons. The second-order valence-corrected chi connectivity index (χ2v) is 11.7. The van der Waals surface area contributed by atoms with Gasteiger partial charge in [-0.2, -0.15) is 0 Å². The smallest absolute Gasteiger partial charge is 0.234 e. The Labute approximate surface area is 232 Å². The summed E-state index contributed by atoms with van der Waals surface area (Å²) in [6, 6.07) is 0.793. The Morgan fingerprint density at radius 1 is 1.12 bits per heavy atom. The Bertz CT molecular complexity index is 1280. The second kappa shape index (κ2) is 10.7. The van der Waals surface area contributed by atoms with E-state index in [4.69, 9.17) is 5.73 Å². The summed E-state index contributed by atoms with van der Waals surface area (Å²) in [6.45, 7) is 1.98. The van der Waals surface area contributed by atoms with Crippen molar-refractivity contribution >= 4 is 29.2 Å². The van der Waals surface area contributed by atoms with E-state index in [9.17, 15) is 39.3 Å². The number of likely N-dealkylation sites (N-methyl/N-ethyl adjacent to an activating group) is 2. The van der Waals surface area contributed by atoms with E-state index >= 15 is 0 Å². The molecule has 0 spiro atoms. The molecule has 4 rings (SSSR count). The molecule has 2 amide bonds. The van der Waals surface area contributed by atoms with Crippen LogP contribution in [0.15, 0.2) is 6.07 Å². The van der Waals surface area contributed by atoms with Crippen LogP contribution in [0.3, 0.4) is 0 Å². The van der Waals surface area contributed by atoms with Gasteiger partial charge in [-0.15, -0.1) is 0 Å². The van der Waals surface area contributed by atoms with Crippen LogP contribution in [0.25, 0.3) is 0 Å². The Hall–Kier alpha value is -3.19. The van der Waals surface area contributed by atoms with Gasteiger partial charge in [0, 0.05) is 24.1 Å². The number of benzene rings is 1. The standard InChI is InChI=1S/C28H38N4O8/c1-6-12-7-14(10-30-17(33)11-31(2)3)22(34)19-15(12)8-13-9-16-21(32(4)5)24(36)20(27(29)39)26(38)28(16,40)25(37)18(13)23(19)35/h7,13,16,18,20-21,24,34,36,40H,6,8-11H2,1-5H3,(H2,29,39)(H,30,33)/t13-,16-,18?,20?,21?,24?,28-/m1/s1. The number of primary amides is 1. The first-order chi connectivity index (χ1) is 18.7. The minimum atomic E-state index is -2.71. The van der Waals surface area contributed by atoms with Crippen molar-refractivity contribution in [1.29, 1.82) is 0 Å². The third-order valence-electron chi connectivity index (χ3n) is 8.78. The fourth-order valence-corrected chi connectivity index (χ4v) is 7.02. The van der Waals surface area contributed by atoms with Crippen LogP contribution in [-0.4, -0.2) is 107 Å². The molecule has 12 heteroatoms. The number of amides is 2. The number of carbonyl (C=O) groups is 5. The van der Waals surface area contributed by atoms with E-state index in [0.717, 1.165) is 5.56 Å². The molecule has 218 valence electrons. The first-order valence-electron chi connectivity index (χ1n) is 13.4. The molecular weight excluding hydrogens is 520 g/mol. The topological polar surface area (TPSA) is 191 Å². The number of nitrogens with two attached hydrogens (primary N) is 1. The summed E-state index contributed by atoms with van der Waals surface area (Å²) in [5.74, 6) is -9.68. The summed E-state index contributed by atoms with van der Waals surface area (Å²) in [7, 11) is 6.69. The third-order valence-corrected chi connectivity index (χ3v) is 8.78. The van der Waals surface area contributed by atoms with E-state index < -0.39 is 64.7 Å². The Morgan fingerprint density at radius 3 is 2.33 bits per heavy atom. The summed E-state index contributed by atoms with van der Waals surface area (Å²) in [4.78, 5) is 68.9. The molecule has 6 N–H and O–H groups in total. The monoisotopic (exact) mass is 558 g/mol. The minimum absolute atomic E-state index is 0.0404. The molecule has 3 aliphatic rings. The largest absolute Gasteiger partial charge is 0.507 e. The van der Waals surface area contributed by atoms with Crippen LogP contribution in [-0.2, 0) is 38.6 Å². The molecular formula is C28H38N4O8. The molecule has 7 atom stereocenters. The zero-order chi connectivity index (χ0) is 29.8. The highest BCUT2D eigenvalue weighted by Crippen LogP contribution is 2.52. The molecule has 3 aliphatic carbocycles. The molecule has 0 saturated heterocycles. The molecule has 0 aliphatic heterocycles. The highest BCUT2D eigenvalue weighted by Gasteiger charge is 2.69. The van der Waals surface area contributed by atoms with Gasteiger partial charge in [-0.1, -0.05) is 13.0 Å². The van der Waals surface area contributed by atoms with Crippen molar-refractivity contribution in [2.45, 2.75) is 50.5 Å². The molecule has 0 aromatic heterocycles. The van der Waals surface area contributed by atoms with E-state index in [1.807, 2.05) is 6.92 Å². The summed E-state index contributed by atoms with van der Waals surface area (Å²) >= 11 is 0. The van der Waals surface area contributed by atoms with Crippen molar-refractivity contribution < 1.29 is 39.3 Å². The van der Waals surface area contributed by atoms with E-state index in [-0.39, 0.29) is 43.2 Å². The summed E-state index contributed by atoms with van der Waals surface area (Å²) in [5, 5.41) is 36.6. The first-order valence-corrected chi connectivity index (χ1v) is 13.4. The predicted octanol–water partition coefficient (Wildman–Crippen LogP) is -1.60. The number of aryl methyl sites for hydroxylation is 1. The molecule has 4 unspecified atom stereocenters. The Balaban J connectivity index is 1.78. The number of hydrogen-bond acceptors (Lipinski definition) is 10. The number of ketones is 3. The molecule has 40 heavy (non-hydrogen) atoms. The van der Waals surface area contributed by atoms with Gasteiger partial charge in [0.05, 0.1) is 24.1 Å². The molecule has 0 bridgehead atoms. The number of nitrogens with zero attached hydrogens (tertiary/aromatic N) is 2. The number of rotatable bonds is 7. The molecule has 1 aromatic carbocycles. The minimum Gasteiger partial charge on any atom is -0.507 e. The van der Waals surface area contributed by atoms with Crippen LogP contribution in [0.4, 0.5) is 0 Å². The van der Waals surface area contributed by atoms with Crippen molar-refractivity contribution in [3.63, 3.8) is 0 Å². The number of aliphatic hydroxyl groups is 2. The number of nitrogens with one attached hydrogen (secondary N) is 1. The number of fused-ring (bicyclic) bond motifs is 3. The highest BCUT2D eigenvalue weighted by atomic mass is 16.3. The van der Waals surface area contributed by atoms with Crippen molar-refractivity contribution in [1.82, 2.24) is 15.1 Å². The third kappa shape index (κ3) is 4.52. The lowest BCUT2D eigenvalue weighted by Crippen LogP contribution is -2.75. The molecule has 12 nitrogen and oxygen atoms in total. The zero-order valence-corrected chi connectivity index (χ0v) is 23.4. The number of aromatic hydroxyl groups is 1. The van der Waals surface area contributed by atoms with E-state index in [0.29, 0.717) is 17.5 Å². The number of phenolic OH excluding ortho intramolecular Hbond substituents is 1. The quantitative estimate of drug-likeness (QED) is 0.244. The highest BCUT2D eigenvalue weighted by molar-refractivity contribution is 6.25. The summed E-state index contributed by atoms with van der Waals surface area (Å²) in [6.07, 6.45) is -0.730. The molecule has 0 heterocycles. The zero-order valence-electron chi connectivity index (χ0n) is 23.4. The van der Waals surface area contributed by atoms with Crippen molar-refractivity contribution in [3.05, 3.63) is 28.3 Å². The normalized spacial score (nSPS) is 31.6. The molecule has 1 aromatic rings. The fourth-order valence-electron chi connectivity index (χ4n) is 7.02. The number of hydrogen-bond donors (Lipinski definition) is 5. The van der Waals surface area contributed by atoms with Crippen LogP contribution in [0.5, 0.6) is 5.75 Å². The van der Waals surface area contributed by atoms with Crippen LogP contribution in [0.2, 0.25) is 0 Å². The maximum atomic E-state index is 14.0. The van der Waals surface area contributed by atoms with E-state index in [2.05, 4.69) is 5.32 Å². The van der Waals surface area contributed by atoms with Crippen LogP contribution in [0, 0.1) is 23.7 Å². The van der Waals surface area contributed by atoms with Gasteiger partial charge >= 0.3 is 0 Å². The van der Waals surface area contributed by atoms with Gasteiger partial charge in [0.2, 0.25) is 11.8 Å². The average Bonchev–Trinajstić information content (AvgIpc) is 2.85. The average molecular weight is 559 g/mol. The lowest BCUT2D eigenvalue weighted by Gasteiger charge is -2.55. The van der Waals surface area contributed by atoms with Gasteiger partial charge in [-0.3, -0.25) is 24.0 Å². The van der Waals surface area contributed by atoms with Gasteiger partial charge in [-0.25, -0.2) is 0 Å². The maximum Gasteiger partial charge on any atom is 0.234 e. The summed E-state index contributed by atoms with van der Waals surface area (Å²) in [5.41, 5.74) is 4.34. The van der Waals surface area contributed by atoms with Crippen LogP contribution in [0.1, 0.15) is 40.4 Å². The van der Waals surface area contributed by atoms with Crippen LogP contribution < -0.4 is 11.1 Å². The van der Waals surface area contributed by atoms with Gasteiger partial charge in [0.1, 0.15) is 11.7 Å². The second-order valence-electron chi connectivity index (χ2n) is 11.7. The number of carbonyl (C=O) groups excluding carboxylic acids is 5. The van der Waals surface area contributed by atoms with E-state index in [1.165, 1.54) is 0 Å². The van der Waals surface area contributed by atoms with Crippen molar-refractivity contribution in [2.75, 3.05) is 34.7 Å². The lowest BCUT2D eigenvalue weighted by atomic mass is 9.52. The summed E-state index contributed by atoms with van der Waals surface area (Å²) < 4.78 is 0. The SMILES string of the molecule is CCc1cc(CNC(=O)CN(C)C)c(O)c2c1C[C@@H]1C[C@@H]3C(N(C)C)C(O)C(C(N)=O)C(=O)[C@]3(O)C(=O)C1C2=O. The van der Waals surface area contributed by atoms with Crippen molar-refractivity contribution in [3.8, 4) is 5.75 Å². The van der Waals surface area contributed by atoms with Gasteiger partial charge in [-0.05, 0) is 64.5 Å². The van der Waals surface area contributed by atoms with Crippen LogP contribution >= 0.6 is 0 Å². The predicted molar refractivity (Wildman–Crippen MR) is 142 cm³/mol. The fraction of sp³-hybridized carbons (Fsp3) is 0.607. The van der Waals surface area contributed by atoms with Gasteiger partial charge in [0.15, 0.2) is 23.0 Å². The number of aliphatic hydroxyl groups excluding tert-OH is 1. The number of phenols is 1. The maximum absolute atomic E-state index is 14.0. The lowest BCUT2D eigenvalue weighted by molar-refractivity contribution is -0.190. The Morgan fingerprint density at radius 2 is 1.77 bits per heavy atom. The Kier molecular flexibility index (Phi) is 7.94. The molecule has 2 fully saturated rings. The van der Waals surface area contributed by atoms with Gasteiger partial charge in [0.25, 0.3) is 0 Å². The first kappa shape index (κ1) is 29.8. The van der Waals surface area contributed by atoms with E-state index in [1.54, 1.807) is 44.1 Å². The van der Waals surface area contributed by atoms with Crippen molar-refractivity contribution in [2.24, 2.45) is 29.4 Å². The molecule has 2 saturated carbocycles.